The van der Waals surface area contributed by atoms with E-state index >= 15 is 0 Å². The summed E-state index contributed by atoms with van der Waals surface area (Å²) in [6.45, 7) is 1.89. The lowest BCUT2D eigenvalue weighted by molar-refractivity contribution is -0.134. The highest BCUT2D eigenvalue weighted by molar-refractivity contribution is 6.82. The molecule has 1 N–H and O–H groups in total. The van der Waals surface area contributed by atoms with Crippen LogP contribution in [0.5, 0.6) is 0 Å². The average molecular weight is 285 g/mol. The van der Waals surface area contributed by atoms with E-state index in [4.69, 9.17) is 11.6 Å². The van der Waals surface area contributed by atoms with Gasteiger partial charge in [-0.3, -0.25) is 5.43 Å². The lowest BCUT2D eigenvalue weighted by Crippen LogP contribution is -2.13. The monoisotopic (exact) mass is 284 g/mol. The van der Waals surface area contributed by atoms with Crippen molar-refractivity contribution in [1.82, 2.24) is 0 Å². The van der Waals surface area contributed by atoms with Gasteiger partial charge in [-0.15, -0.1) is 0 Å². The number of anilines is 1. The number of nitrogens with one attached hydrogen (secondary N) is 1. The van der Waals surface area contributed by atoms with Gasteiger partial charge in [-0.25, -0.2) is 9.59 Å². The van der Waals surface area contributed by atoms with E-state index in [0.29, 0.717) is 11.3 Å². The van der Waals surface area contributed by atoms with Crippen LogP contribution in [0.2, 0.25) is 0 Å². The summed E-state index contributed by atoms with van der Waals surface area (Å²) in [6.07, 6.45) is 0. The maximum absolute atomic E-state index is 11.2. The molecule has 0 spiro atoms. The molecule has 0 atom stereocenters. The van der Waals surface area contributed by atoms with E-state index in [1.807, 2.05) is 0 Å². The molecule has 19 heavy (non-hydrogen) atoms. The third kappa shape index (κ3) is 4.59. The van der Waals surface area contributed by atoms with Crippen LogP contribution in [0.3, 0.4) is 0 Å². The minimum Gasteiger partial charge on any atom is -0.465 e. The molecule has 0 heterocycles. The van der Waals surface area contributed by atoms with Crippen LogP contribution in [0, 0.1) is 0 Å². The third-order valence-corrected chi connectivity index (χ3v) is 2.27. The lowest BCUT2D eigenvalue weighted by Gasteiger charge is -2.03. The Labute approximate surface area is 115 Å². The first-order valence-electron chi connectivity index (χ1n) is 5.43. The van der Waals surface area contributed by atoms with Gasteiger partial charge in [0.15, 0.2) is 0 Å². The van der Waals surface area contributed by atoms with Crippen LogP contribution in [-0.4, -0.2) is 30.8 Å². The highest BCUT2D eigenvalue weighted by atomic mass is 35.5. The van der Waals surface area contributed by atoms with Crippen LogP contribution < -0.4 is 5.43 Å². The summed E-state index contributed by atoms with van der Waals surface area (Å²) >= 11 is 5.60. The van der Waals surface area contributed by atoms with Crippen molar-refractivity contribution in [2.24, 2.45) is 5.10 Å². The smallest absolute Gasteiger partial charge is 0.370 e. The molecule has 102 valence electrons. The fourth-order valence-corrected chi connectivity index (χ4v) is 1.25. The largest absolute Gasteiger partial charge is 0.465 e. The number of rotatable bonds is 5. The number of methoxy groups -OCH3 is 1. The molecule has 0 aliphatic heterocycles. The number of esters is 2. The standard InChI is InChI=1S/C12H13ClN2O4/c1-3-19-12(17)10(13)15-14-9-6-4-8(5-7-9)11(16)18-2/h4-7,14H,3H2,1-2H3. The zero-order valence-electron chi connectivity index (χ0n) is 10.5. The summed E-state index contributed by atoms with van der Waals surface area (Å²) < 4.78 is 9.22. The second kappa shape index (κ2) is 7.38. The van der Waals surface area contributed by atoms with Gasteiger partial charge in [0.05, 0.1) is 25.0 Å². The summed E-state index contributed by atoms with van der Waals surface area (Å²) in [4.78, 5) is 22.4. The Balaban J connectivity index is 2.66. The molecule has 0 bridgehead atoms. The van der Waals surface area contributed by atoms with Crippen LogP contribution in [0.4, 0.5) is 5.69 Å². The Hall–Kier alpha value is -2.08. The molecule has 1 rings (SSSR count). The summed E-state index contributed by atoms with van der Waals surface area (Å²) in [6, 6.07) is 6.32. The van der Waals surface area contributed by atoms with E-state index in [0.717, 1.165) is 0 Å². The third-order valence-electron chi connectivity index (χ3n) is 2.03. The molecule has 0 unspecified atom stereocenters. The molecular formula is C12H13ClN2O4. The Kier molecular flexibility index (Phi) is 5.81. The Bertz CT molecular complexity index is 485. The minimum absolute atomic E-state index is 0.221. The summed E-state index contributed by atoms with van der Waals surface area (Å²) in [5.74, 6) is -1.14. The maximum atomic E-state index is 11.2. The van der Waals surface area contributed by atoms with E-state index in [1.165, 1.54) is 7.11 Å². The van der Waals surface area contributed by atoms with Crippen LogP contribution in [0.25, 0.3) is 0 Å². The second-order valence-electron chi connectivity index (χ2n) is 3.30. The van der Waals surface area contributed by atoms with Crippen molar-refractivity contribution in [3.05, 3.63) is 29.8 Å². The molecule has 0 saturated carbocycles. The van der Waals surface area contributed by atoms with Gasteiger partial charge >= 0.3 is 11.9 Å². The highest BCUT2D eigenvalue weighted by Crippen LogP contribution is 2.10. The Morgan fingerprint density at radius 3 is 2.47 bits per heavy atom. The van der Waals surface area contributed by atoms with Gasteiger partial charge in [-0.05, 0) is 31.2 Å². The number of benzene rings is 1. The topological polar surface area (TPSA) is 77.0 Å². The first-order valence-corrected chi connectivity index (χ1v) is 5.81. The number of ether oxygens (including phenoxy) is 2. The number of hydrogen-bond donors (Lipinski definition) is 1. The van der Waals surface area contributed by atoms with Crippen molar-refractivity contribution in [1.29, 1.82) is 0 Å². The fourth-order valence-electron chi connectivity index (χ4n) is 1.15. The van der Waals surface area contributed by atoms with Crippen molar-refractivity contribution >= 4 is 34.4 Å². The van der Waals surface area contributed by atoms with Crippen molar-refractivity contribution in [2.75, 3.05) is 19.1 Å². The zero-order chi connectivity index (χ0) is 14.3. The van der Waals surface area contributed by atoms with Crippen molar-refractivity contribution in [2.45, 2.75) is 6.92 Å². The van der Waals surface area contributed by atoms with Crippen LogP contribution in [0.15, 0.2) is 29.4 Å². The molecule has 0 amide bonds. The Morgan fingerprint density at radius 1 is 1.32 bits per heavy atom. The molecule has 0 fully saturated rings. The lowest BCUT2D eigenvalue weighted by atomic mass is 10.2. The summed E-state index contributed by atoms with van der Waals surface area (Å²) in [5, 5.41) is 3.34. The Morgan fingerprint density at radius 2 is 1.95 bits per heavy atom. The van der Waals surface area contributed by atoms with Gasteiger partial charge in [0.1, 0.15) is 0 Å². The molecule has 0 aromatic heterocycles. The van der Waals surface area contributed by atoms with Gasteiger partial charge in [0.2, 0.25) is 5.17 Å². The normalized spacial score (nSPS) is 10.8. The molecule has 1 aromatic carbocycles. The summed E-state index contributed by atoms with van der Waals surface area (Å²) in [7, 11) is 1.30. The van der Waals surface area contributed by atoms with E-state index in [1.54, 1.807) is 31.2 Å². The van der Waals surface area contributed by atoms with Gasteiger partial charge in [0, 0.05) is 0 Å². The van der Waals surface area contributed by atoms with Gasteiger partial charge in [-0.1, -0.05) is 11.6 Å². The quantitative estimate of drug-likeness (QED) is 0.508. The zero-order valence-corrected chi connectivity index (χ0v) is 11.2. The highest BCUT2D eigenvalue weighted by Gasteiger charge is 2.09. The number of carbonyl (C=O) groups is 2. The van der Waals surface area contributed by atoms with E-state index < -0.39 is 11.9 Å². The maximum Gasteiger partial charge on any atom is 0.370 e. The molecule has 0 aliphatic carbocycles. The average Bonchev–Trinajstić information content (AvgIpc) is 2.44. The molecule has 7 heteroatoms. The van der Waals surface area contributed by atoms with Gasteiger partial charge in [0.25, 0.3) is 0 Å². The number of halogens is 1. The van der Waals surface area contributed by atoms with Crippen LogP contribution >= 0.6 is 11.6 Å². The van der Waals surface area contributed by atoms with Gasteiger partial charge < -0.3 is 9.47 Å². The van der Waals surface area contributed by atoms with Crippen molar-refractivity contribution < 1.29 is 19.1 Å². The van der Waals surface area contributed by atoms with E-state index in [2.05, 4.69) is 20.0 Å². The van der Waals surface area contributed by atoms with Crippen LogP contribution in [0.1, 0.15) is 17.3 Å². The summed E-state index contributed by atoms with van der Waals surface area (Å²) in [5.41, 5.74) is 3.55. The van der Waals surface area contributed by atoms with Crippen molar-refractivity contribution in [3.8, 4) is 0 Å². The second-order valence-corrected chi connectivity index (χ2v) is 3.66. The predicted octanol–water partition coefficient (Wildman–Crippen LogP) is 2.00. The first-order chi connectivity index (χ1) is 9.08. The molecular weight excluding hydrogens is 272 g/mol. The molecule has 0 saturated heterocycles. The number of hydrazone groups is 1. The minimum atomic E-state index is -0.706. The first kappa shape index (κ1) is 15.0. The number of nitrogens with zero attached hydrogens (tertiary/aromatic N) is 1. The molecule has 0 radical (unpaired) electrons. The number of carbonyl (C=O) groups excluding carboxylic acids is 2. The van der Waals surface area contributed by atoms with Crippen LogP contribution in [-0.2, 0) is 14.3 Å². The van der Waals surface area contributed by atoms with Gasteiger partial charge in [-0.2, -0.15) is 5.10 Å². The SMILES string of the molecule is CCOC(=O)C(Cl)=NNc1ccc(C(=O)OC)cc1. The molecule has 1 aromatic rings. The number of hydrogen-bond acceptors (Lipinski definition) is 6. The molecule has 6 nitrogen and oxygen atoms in total. The van der Waals surface area contributed by atoms with E-state index in [9.17, 15) is 9.59 Å². The van der Waals surface area contributed by atoms with E-state index in [-0.39, 0.29) is 11.8 Å². The predicted molar refractivity (Wildman–Crippen MR) is 71.3 cm³/mol. The van der Waals surface area contributed by atoms with Crippen molar-refractivity contribution in [3.63, 3.8) is 0 Å². The fraction of sp³-hybridized carbons (Fsp3) is 0.250. The molecule has 0 aliphatic rings.